The maximum atomic E-state index is 11.8. The first kappa shape index (κ1) is 11.5. The Morgan fingerprint density at radius 3 is 2.94 bits per heavy atom. The van der Waals surface area contributed by atoms with Crippen LogP contribution >= 0.6 is 11.6 Å². The van der Waals surface area contributed by atoms with E-state index in [-0.39, 0.29) is 11.5 Å². The fraction of sp³-hybridized carbons (Fsp3) is 0.0833. The molecule has 0 aromatic carbocycles. The average Bonchev–Trinajstić information content (AvgIpc) is 2.67. The summed E-state index contributed by atoms with van der Waals surface area (Å²) in [5, 5.41) is 4.35. The first-order valence-electron chi connectivity index (χ1n) is 4.98. The van der Waals surface area contributed by atoms with Crippen molar-refractivity contribution in [3.8, 4) is 0 Å². The van der Waals surface area contributed by atoms with Crippen molar-refractivity contribution >= 4 is 23.5 Å². The Labute approximate surface area is 104 Å². The van der Waals surface area contributed by atoms with Gasteiger partial charge in [-0.1, -0.05) is 17.7 Å². The van der Waals surface area contributed by atoms with Crippen LogP contribution in [-0.2, 0) is 7.05 Å². The van der Waals surface area contributed by atoms with E-state index in [1.54, 1.807) is 37.8 Å². The fourth-order valence-corrected chi connectivity index (χ4v) is 1.62. The molecule has 0 amide bonds. The molecule has 0 atom stereocenters. The number of hydrogen-bond donors (Lipinski definition) is 0. The maximum Gasteiger partial charge on any atom is 0.207 e. The number of ketones is 1. The van der Waals surface area contributed by atoms with Crippen LogP contribution in [0.1, 0.15) is 16.1 Å². The van der Waals surface area contributed by atoms with Crippen molar-refractivity contribution in [1.29, 1.82) is 0 Å². The van der Waals surface area contributed by atoms with Crippen LogP contribution in [-0.4, -0.2) is 20.5 Å². The molecular formula is C12H10ClN3O. The summed E-state index contributed by atoms with van der Waals surface area (Å²) < 4.78 is 1.51. The Morgan fingerprint density at radius 1 is 1.53 bits per heavy atom. The molecule has 0 aliphatic heterocycles. The highest BCUT2D eigenvalue weighted by Gasteiger charge is 2.11. The third-order valence-corrected chi connectivity index (χ3v) is 2.41. The maximum absolute atomic E-state index is 11.8. The molecule has 0 bridgehead atoms. The van der Waals surface area contributed by atoms with Crippen molar-refractivity contribution in [3.63, 3.8) is 0 Å². The predicted molar refractivity (Wildman–Crippen MR) is 65.8 cm³/mol. The molecule has 2 rings (SSSR count). The van der Waals surface area contributed by atoms with Gasteiger partial charge in [-0.15, -0.1) is 0 Å². The summed E-state index contributed by atoms with van der Waals surface area (Å²) in [6.45, 7) is 0. The summed E-state index contributed by atoms with van der Waals surface area (Å²) in [7, 11) is 1.72. The van der Waals surface area contributed by atoms with Crippen molar-refractivity contribution in [2.75, 3.05) is 0 Å². The van der Waals surface area contributed by atoms with E-state index in [1.165, 1.54) is 10.8 Å². The Hall–Kier alpha value is -1.94. The number of rotatable bonds is 3. The molecule has 0 spiro atoms. The third kappa shape index (κ3) is 2.79. The van der Waals surface area contributed by atoms with Gasteiger partial charge in [0, 0.05) is 25.6 Å². The Kier molecular flexibility index (Phi) is 3.35. The molecule has 4 nitrogen and oxygen atoms in total. The number of carbonyl (C=O) groups excluding carboxylic acids is 1. The number of aromatic nitrogens is 3. The highest BCUT2D eigenvalue weighted by Crippen LogP contribution is 2.14. The number of pyridine rings is 1. The van der Waals surface area contributed by atoms with Crippen LogP contribution in [0.3, 0.4) is 0 Å². The Bertz CT molecular complexity index is 560. The fourth-order valence-electron chi connectivity index (χ4n) is 1.35. The number of hydrogen-bond acceptors (Lipinski definition) is 3. The minimum absolute atomic E-state index is 0.223. The number of halogens is 1. The molecule has 17 heavy (non-hydrogen) atoms. The second-order valence-electron chi connectivity index (χ2n) is 3.48. The SMILES string of the molecule is Cn1cc(Cl)c(C(=O)/C=C/c2cccnc2)n1. The van der Waals surface area contributed by atoms with Gasteiger partial charge in [0.05, 0.1) is 5.02 Å². The molecule has 0 aliphatic carbocycles. The van der Waals surface area contributed by atoms with Crippen molar-refractivity contribution in [3.05, 3.63) is 53.1 Å². The van der Waals surface area contributed by atoms with Gasteiger partial charge in [0.2, 0.25) is 5.78 Å². The zero-order chi connectivity index (χ0) is 12.3. The van der Waals surface area contributed by atoms with Gasteiger partial charge in [-0.05, 0) is 23.8 Å². The second kappa shape index (κ2) is 4.93. The number of carbonyl (C=O) groups is 1. The highest BCUT2D eigenvalue weighted by atomic mass is 35.5. The van der Waals surface area contributed by atoms with Crippen LogP contribution in [0.25, 0.3) is 6.08 Å². The summed E-state index contributed by atoms with van der Waals surface area (Å²) >= 11 is 5.87. The molecule has 86 valence electrons. The van der Waals surface area contributed by atoms with Gasteiger partial charge >= 0.3 is 0 Å². The number of allylic oxidation sites excluding steroid dienone is 1. The second-order valence-corrected chi connectivity index (χ2v) is 3.89. The molecule has 2 heterocycles. The quantitative estimate of drug-likeness (QED) is 0.618. The van der Waals surface area contributed by atoms with E-state index in [2.05, 4.69) is 10.1 Å². The minimum atomic E-state index is -0.223. The largest absolute Gasteiger partial charge is 0.287 e. The van der Waals surface area contributed by atoms with E-state index in [0.717, 1.165) is 5.56 Å². The van der Waals surface area contributed by atoms with Gasteiger partial charge in [0.15, 0.2) is 5.69 Å². The average molecular weight is 248 g/mol. The van der Waals surface area contributed by atoms with E-state index < -0.39 is 0 Å². The number of aryl methyl sites for hydroxylation is 1. The van der Waals surface area contributed by atoms with Gasteiger partial charge in [0.25, 0.3) is 0 Å². The van der Waals surface area contributed by atoms with E-state index in [1.807, 2.05) is 6.07 Å². The third-order valence-electron chi connectivity index (χ3n) is 2.13. The first-order valence-corrected chi connectivity index (χ1v) is 5.36. The lowest BCUT2D eigenvalue weighted by Gasteiger charge is -1.91. The van der Waals surface area contributed by atoms with E-state index in [0.29, 0.717) is 5.02 Å². The zero-order valence-electron chi connectivity index (χ0n) is 9.17. The summed E-state index contributed by atoms with van der Waals surface area (Å²) in [6.07, 6.45) is 8.05. The molecule has 0 saturated carbocycles. The Morgan fingerprint density at radius 2 is 2.35 bits per heavy atom. The molecular weight excluding hydrogens is 238 g/mol. The van der Waals surface area contributed by atoms with Gasteiger partial charge in [-0.3, -0.25) is 14.5 Å². The van der Waals surface area contributed by atoms with E-state index in [4.69, 9.17) is 11.6 Å². The summed E-state index contributed by atoms with van der Waals surface area (Å²) in [4.78, 5) is 15.7. The van der Waals surface area contributed by atoms with Gasteiger partial charge in [-0.25, -0.2) is 0 Å². The summed E-state index contributed by atoms with van der Waals surface area (Å²) in [6, 6.07) is 3.66. The van der Waals surface area contributed by atoms with Crippen LogP contribution in [0.4, 0.5) is 0 Å². The van der Waals surface area contributed by atoms with Gasteiger partial charge in [-0.2, -0.15) is 5.10 Å². The number of nitrogens with zero attached hydrogens (tertiary/aromatic N) is 3. The molecule has 2 aromatic rings. The molecule has 0 unspecified atom stereocenters. The predicted octanol–water partition coefficient (Wildman–Crippen LogP) is 2.36. The topological polar surface area (TPSA) is 47.8 Å². The molecule has 0 saturated heterocycles. The lowest BCUT2D eigenvalue weighted by atomic mass is 10.2. The molecule has 0 radical (unpaired) electrons. The van der Waals surface area contributed by atoms with Crippen LogP contribution in [0.5, 0.6) is 0 Å². The standard InChI is InChI=1S/C12H10ClN3O/c1-16-8-10(13)12(15-16)11(17)5-4-9-3-2-6-14-7-9/h2-8H,1H3/b5-4+. The van der Waals surface area contributed by atoms with Crippen molar-refractivity contribution < 1.29 is 4.79 Å². The molecule has 0 aliphatic rings. The highest BCUT2D eigenvalue weighted by molar-refractivity contribution is 6.34. The summed E-state index contributed by atoms with van der Waals surface area (Å²) in [5.41, 5.74) is 1.11. The molecule has 0 N–H and O–H groups in total. The van der Waals surface area contributed by atoms with Crippen molar-refractivity contribution in [2.24, 2.45) is 7.05 Å². The van der Waals surface area contributed by atoms with Crippen molar-refractivity contribution in [1.82, 2.24) is 14.8 Å². The van der Waals surface area contributed by atoms with Gasteiger partial charge in [0.1, 0.15) is 0 Å². The first-order chi connectivity index (χ1) is 8.16. The lowest BCUT2D eigenvalue weighted by Crippen LogP contribution is -1.98. The minimum Gasteiger partial charge on any atom is -0.287 e. The smallest absolute Gasteiger partial charge is 0.207 e. The molecule has 2 aromatic heterocycles. The van der Waals surface area contributed by atoms with Crippen LogP contribution in [0.2, 0.25) is 5.02 Å². The van der Waals surface area contributed by atoms with E-state index in [9.17, 15) is 4.79 Å². The van der Waals surface area contributed by atoms with Crippen LogP contribution in [0.15, 0.2) is 36.8 Å². The van der Waals surface area contributed by atoms with Crippen LogP contribution < -0.4 is 0 Å². The Balaban J connectivity index is 2.18. The van der Waals surface area contributed by atoms with Crippen LogP contribution in [0, 0.1) is 0 Å². The van der Waals surface area contributed by atoms with Crippen molar-refractivity contribution in [2.45, 2.75) is 0 Å². The van der Waals surface area contributed by atoms with Gasteiger partial charge < -0.3 is 0 Å². The van der Waals surface area contributed by atoms with E-state index >= 15 is 0 Å². The monoisotopic (exact) mass is 247 g/mol. The lowest BCUT2D eigenvalue weighted by molar-refractivity contribution is 0.104. The molecule has 0 fully saturated rings. The molecule has 5 heteroatoms. The zero-order valence-corrected chi connectivity index (χ0v) is 9.93. The normalized spacial score (nSPS) is 10.9. The summed E-state index contributed by atoms with van der Waals surface area (Å²) in [5.74, 6) is -0.223.